The number of aromatic nitrogens is 2. The molecule has 32 heavy (non-hydrogen) atoms. The minimum Gasteiger partial charge on any atom is -0.535 e. The number of nitrogens with one attached hydrogen (secondary N) is 1. The summed E-state index contributed by atoms with van der Waals surface area (Å²) in [7, 11) is 0.950. The molecule has 0 bridgehead atoms. The van der Waals surface area contributed by atoms with Crippen LogP contribution in [0.3, 0.4) is 0 Å². The number of carboxylic acid groups (broad SMARTS) is 1. The maximum absolute atomic E-state index is 11.8. The molecule has 0 atom stereocenters. The number of halogens is 2. The molecule has 3 heterocycles. The van der Waals surface area contributed by atoms with E-state index in [1.165, 1.54) is 0 Å². The van der Waals surface area contributed by atoms with E-state index in [4.69, 9.17) is 9.39 Å². The second-order valence-electron chi connectivity index (χ2n) is 7.80. The molecule has 1 aromatic carbocycles. The summed E-state index contributed by atoms with van der Waals surface area (Å²) in [4.78, 5) is 18.5. The van der Waals surface area contributed by atoms with Gasteiger partial charge in [-0.15, -0.1) is 24.8 Å². The first kappa shape index (κ1) is 26.3. The topological polar surface area (TPSA) is 109 Å². The maximum Gasteiger partial charge on any atom is 0.522 e. The molecule has 2 aromatic rings. The summed E-state index contributed by atoms with van der Waals surface area (Å²) in [5.74, 6) is -0.589. The smallest absolute Gasteiger partial charge is 0.522 e. The fraction of sp³-hybridized carbons (Fsp3) is 0.500. The van der Waals surface area contributed by atoms with Crippen LogP contribution in [0.2, 0.25) is 6.32 Å². The van der Waals surface area contributed by atoms with Crippen molar-refractivity contribution < 1.29 is 24.3 Å². The molecule has 0 radical (unpaired) electrons. The molecule has 1 saturated heterocycles. The lowest BCUT2D eigenvalue weighted by molar-refractivity contribution is 0.0168. The molecule has 0 aliphatic carbocycles. The van der Waals surface area contributed by atoms with Crippen molar-refractivity contribution in [2.24, 2.45) is 0 Å². The number of likely N-dealkylation sites (tertiary alicyclic amines) is 1. The van der Waals surface area contributed by atoms with Crippen LogP contribution < -0.4 is 14.7 Å². The first-order chi connectivity index (χ1) is 14.5. The van der Waals surface area contributed by atoms with E-state index in [2.05, 4.69) is 26.0 Å². The summed E-state index contributed by atoms with van der Waals surface area (Å²) >= 11 is 0. The van der Waals surface area contributed by atoms with E-state index in [0.29, 0.717) is 18.5 Å². The lowest BCUT2D eigenvalue weighted by atomic mass is 9.78. The van der Waals surface area contributed by atoms with E-state index in [0.717, 1.165) is 50.4 Å². The number of benzene rings is 1. The average molecular weight is 487 g/mol. The van der Waals surface area contributed by atoms with Crippen molar-refractivity contribution in [3.63, 3.8) is 0 Å². The third-order valence-corrected chi connectivity index (χ3v) is 5.54. The van der Waals surface area contributed by atoms with Crippen LogP contribution in [-0.4, -0.2) is 77.0 Å². The minimum atomic E-state index is -1.11. The van der Waals surface area contributed by atoms with Gasteiger partial charge in [0.15, 0.2) is 0 Å². The average Bonchev–Trinajstić information content (AvgIpc) is 3.14. The SMILES string of the molecule is CNCCc1cn(CCN2CC(Oc3ccc4c(c3C(=O)O)OB(O)CC4)C2)cn1.Cl.Cl. The summed E-state index contributed by atoms with van der Waals surface area (Å²) < 4.78 is 13.5. The number of ether oxygens (including phenoxy) is 1. The van der Waals surface area contributed by atoms with Crippen LogP contribution in [0.25, 0.3) is 0 Å². The van der Waals surface area contributed by atoms with Crippen LogP contribution in [-0.2, 0) is 19.4 Å². The van der Waals surface area contributed by atoms with Gasteiger partial charge in [-0.1, -0.05) is 6.07 Å². The third-order valence-electron chi connectivity index (χ3n) is 5.54. The maximum atomic E-state index is 11.8. The Morgan fingerprint density at radius 1 is 1.34 bits per heavy atom. The molecule has 0 spiro atoms. The van der Waals surface area contributed by atoms with E-state index in [9.17, 15) is 14.9 Å². The number of carboxylic acids is 1. The Hall–Kier alpha value is -1.98. The molecule has 1 aromatic heterocycles. The molecule has 0 saturated carbocycles. The van der Waals surface area contributed by atoms with Crippen LogP contribution in [0.15, 0.2) is 24.7 Å². The van der Waals surface area contributed by atoms with Crippen molar-refractivity contribution in [3.8, 4) is 11.5 Å². The van der Waals surface area contributed by atoms with E-state index >= 15 is 0 Å². The summed E-state index contributed by atoms with van der Waals surface area (Å²) in [5.41, 5.74) is 1.86. The van der Waals surface area contributed by atoms with Crippen molar-refractivity contribution in [1.29, 1.82) is 0 Å². The number of aryl methyl sites for hydroxylation is 1. The number of rotatable bonds is 9. The standard InChI is InChI=1S/C20H27BN4O5.2ClH/c1-22-7-5-15-10-25(13-23-15)9-8-24-11-16(12-24)29-17-3-2-14-4-6-21(28)30-19(14)18(17)20(26)27;;/h2-3,10,13,16,22,28H,4-9,11-12H2,1H3,(H,26,27);2*1H. The largest absolute Gasteiger partial charge is 0.535 e. The highest BCUT2D eigenvalue weighted by Gasteiger charge is 2.33. The Morgan fingerprint density at radius 3 is 2.84 bits per heavy atom. The molecule has 12 heteroatoms. The lowest BCUT2D eigenvalue weighted by Gasteiger charge is -2.39. The van der Waals surface area contributed by atoms with Crippen LogP contribution in [0.1, 0.15) is 21.6 Å². The Labute approximate surface area is 200 Å². The van der Waals surface area contributed by atoms with Crippen molar-refractivity contribution in [2.75, 3.05) is 33.2 Å². The van der Waals surface area contributed by atoms with Crippen molar-refractivity contribution in [1.82, 2.24) is 19.8 Å². The van der Waals surface area contributed by atoms with Crippen molar-refractivity contribution >= 4 is 37.9 Å². The Kier molecular flexibility index (Phi) is 9.66. The van der Waals surface area contributed by atoms with Crippen LogP contribution >= 0.6 is 24.8 Å². The Bertz CT molecular complexity index is 910. The number of fused-ring (bicyclic) bond motifs is 1. The minimum absolute atomic E-state index is 0. The van der Waals surface area contributed by atoms with Gasteiger partial charge in [0.05, 0.1) is 12.0 Å². The fourth-order valence-corrected chi connectivity index (χ4v) is 3.84. The van der Waals surface area contributed by atoms with Gasteiger partial charge < -0.3 is 29.4 Å². The summed E-state index contributed by atoms with van der Waals surface area (Å²) in [5, 5.41) is 22.5. The number of aromatic carboxylic acids is 1. The van der Waals surface area contributed by atoms with Gasteiger partial charge in [0.2, 0.25) is 0 Å². The van der Waals surface area contributed by atoms with E-state index < -0.39 is 13.1 Å². The molecule has 1 fully saturated rings. The number of hydrogen-bond donors (Lipinski definition) is 3. The van der Waals surface area contributed by atoms with E-state index in [1.807, 2.05) is 19.4 Å². The number of likely N-dealkylation sites (N-methyl/N-ethyl adjacent to an activating group) is 1. The quantitative estimate of drug-likeness (QED) is 0.456. The number of nitrogens with zero attached hydrogens (tertiary/aromatic N) is 3. The normalized spacial score (nSPS) is 15.6. The molecular weight excluding hydrogens is 458 g/mol. The number of hydrogen-bond acceptors (Lipinski definition) is 7. The zero-order chi connectivity index (χ0) is 21.1. The molecule has 0 amide bonds. The first-order valence-electron chi connectivity index (χ1n) is 10.3. The van der Waals surface area contributed by atoms with Gasteiger partial charge >= 0.3 is 13.1 Å². The van der Waals surface area contributed by atoms with Gasteiger partial charge in [-0.2, -0.15) is 0 Å². The lowest BCUT2D eigenvalue weighted by Crippen LogP contribution is -2.54. The molecule has 0 unspecified atom stereocenters. The highest BCUT2D eigenvalue weighted by atomic mass is 35.5. The van der Waals surface area contributed by atoms with Gasteiger partial charge in [-0.25, -0.2) is 9.78 Å². The predicted molar refractivity (Wildman–Crippen MR) is 126 cm³/mol. The van der Waals surface area contributed by atoms with E-state index in [-0.39, 0.29) is 42.2 Å². The van der Waals surface area contributed by atoms with Gasteiger partial charge in [-0.05, 0) is 31.4 Å². The van der Waals surface area contributed by atoms with Gasteiger partial charge in [0, 0.05) is 45.3 Å². The molecular formula is C20H29BCl2N4O5. The second-order valence-corrected chi connectivity index (χ2v) is 7.80. The van der Waals surface area contributed by atoms with Crippen LogP contribution in [0, 0.1) is 0 Å². The highest BCUT2D eigenvalue weighted by Crippen LogP contribution is 2.37. The molecule has 2 aliphatic rings. The van der Waals surface area contributed by atoms with Crippen LogP contribution in [0.5, 0.6) is 11.5 Å². The zero-order valence-corrected chi connectivity index (χ0v) is 19.5. The second kappa shape index (κ2) is 11.8. The fourth-order valence-electron chi connectivity index (χ4n) is 3.84. The molecule has 4 rings (SSSR count). The summed E-state index contributed by atoms with van der Waals surface area (Å²) in [6, 6.07) is 3.52. The Morgan fingerprint density at radius 2 is 2.12 bits per heavy atom. The molecule has 2 aliphatic heterocycles. The molecule has 176 valence electrons. The van der Waals surface area contributed by atoms with Gasteiger partial charge in [0.25, 0.3) is 0 Å². The molecule has 9 nitrogen and oxygen atoms in total. The Balaban J connectivity index is 0.00000181. The summed E-state index contributed by atoms with van der Waals surface area (Å²) in [6.07, 6.45) is 5.82. The summed E-state index contributed by atoms with van der Waals surface area (Å²) in [6.45, 7) is 4.12. The predicted octanol–water partition coefficient (Wildman–Crippen LogP) is 1.37. The van der Waals surface area contributed by atoms with Gasteiger partial charge in [0.1, 0.15) is 23.2 Å². The molecule has 3 N–H and O–H groups in total. The van der Waals surface area contributed by atoms with E-state index in [1.54, 1.807) is 6.07 Å². The van der Waals surface area contributed by atoms with Crippen molar-refractivity contribution in [2.45, 2.75) is 31.8 Å². The first-order valence-corrected chi connectivity index (χ1v) is 10.3. The van der Waals surface area contributed by atoms with Gasteiger partial charge in [-0.3, -0.25) is 4.90 Å². The monoisotopic (exact) mass is 486 g/mol. The highest BCUT2D eigenvalue weighted by molar-refractivity contribution is 6.44. The zero-order valence-electron chi connectivity index (χ0n) is 17.9. The third kappa shape index (κ3) is 6.08. The number of carbonyl (C=O) groups is 1. The van der Waals surface area contributed by atoms with Crippen molar-refractivity contribution in [3.05, 3.63) is 41.5 Å². The van der Waals surface area contributed by atoms with Crippen LogP contribution in [0.4, 0.5) is 0 Å². The number of imidazole rings is 1.